The SMILES string of the molecule is CNC(C)c1ccc(F)c(-c2ccc3ccccc3n2)c1. The molecule has 0 fully saturated rings. The summed E-state index contributed by atoms with van der Waals surface area (Å²) >= 11 is 0. The second-order valence-corrected chi connectivity index (χ2v) is 5.14. The van der Waals surface area contributed by atoms with Crippen molar-refractivity contribution in [3.8, 4) is 11.3 Å². The van der Waals surface area contributed by atoms with Crippen molar-refractivity contribution in [3.05, 3.63) is 66.0 Å². The van der Waals surface area contributed by atoms with Gasteiger partial charge in [0.1, 0.15) is 5.82 Å². The number of nitrogens with zero attached hydrogens (tertiary/aromatic N) is 1. The number of nitrogens with one attached hydrogen (secondary N) is 1. The van der Waals surface area contributed by atoms with Gasteiger partial charge in [-0.1, -0.05) is 30.3 Å². The summed E-state index contributed by atoms with van der Waals surface area (Å²) in [6.45, 7) is 2.05. The Kier molecular flexibility index (Phi) is 3.67. The Morgan fingerprint density at radius 2 is 1.86 bits per heavy atom. The number of rotatable bonds is 3. The number of benzene rings is 2. The number of hydrogen-bond acceptors (Lipinski definition) is 2. The first-order valence-electron chi connectivity index (χ1n) is 7.02. The minimum atomic E-state index is -0.246. The molecule has 1 N–H and O–H groups in total. The van der Waals surface area contributed by atoms with Crippen LogP contribution in [0.2, 0.25) is 0 Å². The Hall–Kier alpha value is -2.26. The maximum absolute atomic E-state index is 14.2. The van der Waals surface area contributed by atoms with Crippen LogP contribution in [0, 0.1) is 5.82 Å². The summed E-state index contributed by atoms with van der Waals surface area (Å²) in [6, 6.07) is 17.1. The van der Waals surface area contributed by atoms with Gasteiger partial charge in [0.05, 0.1) is 11.2 Å². The fraction of sp³-hybridized carbons (Fsp3) is 0.167. The lowest BCUT2D eigenvalue weighted by Gasteiger charge is -2.13. The largest absolute Gasteiger partial charge is 0.313 e. The molecule has 0 saturated heterocycles. The molecule has 21 heavy (non-hydrogen) atoms. The van der Waals surface area contributed by atoms with Crippen molar-refractivity contribution in [2.24, 2.45) is 0 Å². The van der Waals surface area contributed by atoms with Crippen molar-refractivity contribution in [2.75, 3.05) is 7.05 Å². The highest BCUT2D eigenvalue weighted by atomic mass is 19.1. The molecule has 0 amide bonds. The second kappa shape index (κ2) is 5.62. The van der Waals surface area contributed by atoms with E-state index in [4.69, 9.17) is 0 Å². The molecule has 2 nitrogen and oxygen atoms in total. The number of halogens is 1. The third-order valence-electron chi connectivity index (χ3n) is 3.80. The predicted octanol–water partition coefficient (Wildman–Crippen LogP) is 4.32. The lowest BCUT2D eigenvalue weighted by Crippen LogP contribution is -2.12. The molecule has 1 heterocycles. The van der Waals surface area contributed by atoms with Crippen LogP contribution in [0.1, 0.15) is 18.5 Å². The van der Waals surface area contributed by atoms with Gasteiger partial charge < -0.3 is 5.32 Å². The molecule has 0 bridgehead atoms. The molecular weight excluding hydrogens is 263 g/mol. The fourth-order valence-corrected chi connectivity index (χ4v) is 2.39. The summed E-state index contributed by atoms with van der Waals surface area (Å²) in [6.07, 6.45) is 0. The first-order valence-corrected chi connectivity index (χ1v) is 7.02. The summed E-state index contributed by atoms with van der Waals surface area (Å²) in [5.74, 6) is -0.246. The van der Waals surface area contributed by atoms with Crippen LogP contribution < -0.4 is 5.32 Å². The van der Waals surface area contributed by atoms with Crippen LogP contribution in [-0.2, 0) is 0 Å². The fourth-order valence-electron chi connectivity index (χ4n) is 2.39. The molecule has 106 valence electrons. The van der Waals surface area contributed by atoms with Gasteiger partial charge in [-0.15, -0.1) is 0 Å². The number of aromatic nitrogens is 1. The van der Waals surface area contributed by atoms with E-state index in [2.05, 4.69) is 10.3 Å². The first kappa shape index (κ1) is 13.7. The predicted molar refractivity (Wildman–Crippen MR) is 84.6 cm³/mol. The van der Waals surface area contributed by atoms with Gasteiger partial charge >= 0.3 is 0 Å². The summed E-state index contributed by atoms with van der Waals surface area (Å²) < 4.78 is 14.2. The van der Waals surface area contributed by atoms with Gasteiger partial charge in [-0.3, -0.25) is 0 Å². The zero-order valence-corrected chi connectivity index (χ0v) is 12.1. The molecule has 0 aliphatic heterocycles. The van der Waals surface area contributed by atoms with E-state index in [1.807, 2.05) is 56.4 Å². The molecule has 0 saturated carbocycles. The molecule has 1 atom stereocenters. The van der Waals surface area contributed by atoms with Gasteiger partial charge in [-0.2, -0.15) is 0 Å². The van der Waals surface area contributed by atoms with E-state index < -0.39 is 0 Å². The van der Waals surface area contributed by atoms with Crippen LogP contribution in [0.25, 0.3) is 22.2 Å². The van der Waals surface area contributed by atoms with Gasteiger partial charge in [0.15, 0.2) is 0 Å². The van der Waals surface area contributed by atoms with E-state index in [9.17, 15) is 4.39 Å². The quantitative estimate of drug-likeness (QED) is 0.772. The van der Waals surface area contributed by atoms with Crippen LogP contribution >= 0.6 is 0 Å². The molecule has 0 radical (unpaired) electrons. The molecule has 2 aromatic carbocycles. The van der Waals surface area contributed by atoms with Crippen molar-refractivity contribution < 1.29 is 4.39 Å². The molecule has 3 rings (SSSR count). The van der Waals surface area contributed by atoms with Crippen LogP contribution in [0.5, 0.6) is 0 Å². The molecule has 1 unspecified atom stereocenters. The molecule has 1 aromatic heterocycles. The molecular formula is C18H17FN2. The number of para-hydroxylation sites is 1. The zero-order chi connectivity index (χ0) is 14.8. The number of fused-ring (bicyclic) bond motifs is 1. The van der Waals surface area contributed by atoms with Gasteiger partial charge in [-0.25, -0.2) is 9.37 Å². The lowest BCUT2D eigenvalue weighted by molar-refractivity contribution is 0.621. The monoisotopic (exact) mass is 280 g/mol. The van der Waals surface area contributed by atoms with Crippen LogP contribution in [0.4, 0.5) is 4.39 Å². The first-order chi connectivity index (χ1) is 10.2. The van der Waals surface area contributed by atoms with Crippen LogP contribution in [0.15, 0.2) is 54.6 Å². The third kappa shape index (κ3) is 2.65. The van der Waals surface area contributed by atoms with Crippen molar-refractivity contribution in [3.63, 3.8) is 0 Å². The van der Waals surface area contributed by atoms with E-state index in [1.54, 1.807) is 6.07 Å². The van der Waals surface area contributed by atoms with Crippen molar-refractivity contribution >= 4 is 10.9 Å². The van der Waals surface area contributed by atoms with E-state index in [1.165, 1.54) is 6.07 Å². The Bertz CT molecular complexity index is 783. The Labute approximate surface area is 123 Å². The normalized spacial score (nSPS) is 12.5. The maximum Gasteiger partial charge on any atom is 0.132 e. The molecule has 3 aromatic rings. The standard InChI is InChI=1S/C18H17FN2/c1-12(20-2)14-7-9-16(19)15(11-14)18-10-8-13-5-3-4-6-17(13)21-18/h3-12,20H,1-2H3. The summed E-state index contributed by atoms with van der Waals surface area (Å²) in [5, 5.41) is 4.22. The van der Waals surface area contributed by atoms with E-state index in [-0.39, 0.29) is 11.9 Å². The van der Waals surface area contributed by atoms with Crippen molar-refractivity contribution in [1.29, 1.82) is 0 Å². The highest BCUT2D eigenvalue weighted by molar-refractivity contribution is 5.81. The lowest BCUT2D eigenvalue weighted by atomic mass is 10.0. The van der Waals surface area contributed by atoms with E-state index in [0.717, 1.165) is 16.5 Å². The Balaban J connectivity index is 2.12. The van der Waals surface area contributed by atoms with E-state index >= 15 is 0 Å². The van der Waals surface area contributed by atoms with Crippen molar-refractivity contribution in [1.82, 2.24) is 10.3 Å². The summed E-state index contributed by atoms with van der Waals surface area (Å²) in [7, 11) is 1.89. The molecule has 3 heteroatoms. The highest BCUT2D eigenvalue weighted by Crippen LogP contribution is 2.26. The summed E-state index contributed by atoms with van der Waals surface area (Å²) in [4.78, 5) is 4.57. The Morgan fingerprint density at radius 1 is 1.05 bits per heavy atom. The average Bonchev–Trinajstić information content (AvgIpc) is 2.54. The highest BCUT2D eigenvalue weighted by Gasteiger charge is 2.11. The van der Waals surface area contributed by atoms with Gasteiger partial charge in [-0.05, 0) is 43.8 Å². The minimum absolute atomic E-state index is 0.171. The van der Waals surface area contributed by atoms with E-state index in [0.29, 0.717) is 11.3 Å². The Morgan fingerprint density at radius 3 is 2.67 bits per heavy atom. The van der Waals surface area contributed by atoms with Crippen LogP contribution in [-0.4, -0.2) is 12.0 Å². The second-order valence-electron chi connectivity index (χ2n) is 5.14. The van der Waals surface area contributed by atoms with Gasteiger partial charge in [0.25, 0.3) is 0 Å². The zero-order valence-electron chi connectivity index (χ0n) is 12.1. The molecule has 0 spiro atoms. The molecule has 0 aliphatic carbocycles. The topological polar surface area (TPSA) is 24.9 Å². The minimum Gasteiger partial charge on any atom is -0.313 e. The van der Waals surface area contributed by atoms with Gasteiger partial charge in [0, 0.05) is 17.0 Å². The number of hydrogen-bond donors (Lipinski definition) is 1. The average molecular weight is 280 g/mol. The van der Waals surface area contributed by atoms with Crippen molar-refractivity contribution in [2.45, 2.75) is 13.0 Å². The summed E-state index contributed by atoms with van der Waals surface area (Å²) in [5.41, 5.74) is 3.13. The smallest absolute Gasteiger partial charge is 0.132 e. The van der Waals surface area contributed by atoms with Crippen LogP contribution in [0.3, 0.4) is 0 Å². The molecule has 0 aliphatic rings. The third-order valence-corrected chi connectivity index (χ3v) is 3.80. The number of pyridine rings is 1. The van der Waals surface area contributed by atoms with Gasteiger partial charge in [0.2, 0.25) is 0 Å². The maximum atomic E-state index is 14.2.